The third kappa shape index (κ3) is 4.70. The van der Waals surface area contributed by atoms with E-state index in [-0.39, 0.29) is 0 Å². The Balaban J connectivity index is 2.18. The highest BCUT2D eigenvalue weighted by Gasteiger charge is 1.98. The average molecular weight is 221 g/mol. The maximum atomic E-state index is 10.5. The maximum Gasteiger partial charge on any atom is 0.331 e. The molecule has 0 aliphatic carbocycles. The molecule has 0 bridgehead atoms. The number of ether oxygens (including phenoxy) is 1. The second-order valence-electron chi connectivity index (χ2n) is 3.34. The van der Waals surface area contributed by atoms with Crippen molar-refractivity contribution in [3.63, 3.8) is 0 Å². The first kappa shape index (κ1) is 12.4. The smallest absolute Gasteiger partial charge is 0.331 e. The number of hydrogen-bond donors (Lipinski definition) is 1. The number of pyridine rings is 1. The van der Waals surface area contributed by atoms with Gasteiger partial charge in [-0.3, -0.25) is 4.98 Å². The Bertz CT molecular complexity index is 360. The van der Waals surface area contributed by atoms with Crippen molar-refractivity contribution in [3.05, 3.63) is 41.7 Å². The van der Waals surface area contributed by atoms with Crippen LogP contribution in [-0.2, 0) is 16.0 Å². The van der Waals surface area contributed by atoms with Gasteiger partial charge in [-0.25, -0.2) is 4.79 Å². The van der Waals surface area contributed by atoms with Crippen molar-refractivity contribution >= 4 is 5.97 Å². The predicted molar refractivity (Wildman–Crippen MR) is 60.2 cm³/mol. The molecule has 4 nitrogen and oxygen atoms in total. The first-order valence-electron chi connectivity index (χ1n) is 5.08. The van der Waals surface area contributed by atoms with Gasteiger partial charge >= 0.3 is 5.97 Å². The molecular formula is C12H15NO3. The number of carbonyl (C=O) groups is 1. The molecule has 4 heteroatoms. The summed E-state index contributed by atoms with van der Waals surface area (Å²) in [5.41, 5.74) is 1.28. The topological polar surface area (TPSA) is 59.4 Å². The lowest BCUT2D eigenvalue weighted by atomic mass is 10.3. The summed E-state index contributed by atoms with van der Waals surface area (Å²) in [5.74, 6) is -0.909. The third-order valence-corrected chi connectivity index (χ3v) is 2.07. The lowest BCUT2D eigenvalue weighted by Crippen LogP contribution is -2.02. The van der Waals surface area contributed by atoms with E-state index in [4.69, 9.17) is 9.84 Å². The van der Waals surface area contributed by atoms with E-state index >= 15 is 0 Å². The average Bonchev–Trinajstić information content (AvgIpc) is 2.29. The first-order valence-corrected chi connectivity index (χ1v) is 5.08. The van der Waals surface area contributed by atoms with Crippen LogP contribution < -0.4 is 0 Å². The highest BCUT2D eigenvalue weighted by atomic mass is 16.5. The Morgan fingerprint density at radius 3 is 3.00 bits per heavy atom. The van der Waals surface area contributed by atoms with Crippen molar-refractivity contribution in [1.29, 1.82) is 0 Å². The van der Waals surface area contributed by atoms with Gasteiger partial charge in [0.05, 0.1) is 13.2 Å². The van der Waals surface area contributed by atoms with Gasteiger partial charge in [0.25, 0.3) is 0 Å². The minimum atomic E-state index is -0.909. The maximum absolute atomic E-state index is 10.5. The van der Waals surface area contributed by atoms with Crippen molar-refractivity contribution in [2.75, 3.05) is 13.2 Å². The quantitative estimate of drug-likeness (QED) is 0.586. The third-order valence-electron chi connectivity index (χ3n) is 2.07. The van der Waals surface area contributed by atoms with Crippen LogP contribution in [0.1, 0.15) is 12.6 Å². The molecule has 1 rings (SSSR count). The molecule has 0 saturated heterocycles. The van der Waals surface area contributed by atoms with E-state index in [1.165, 1.54) is 0 Å². The Labute approximate surface area is 94.6 Å². The summed E-state index contributed by atoms with van der Waals surface area (Å²) in [6, 6.07) is 5.72. The molecule has 0 fully saturated rings. The zero-order chi connectivity index (χ0) is 11.8. The van der Waals surface area contributed by atoms with E-state index in [0.29, 0.717) is 18.8 Å². The number of aromatic nitrogens is 1. The number of aliphatic carboxylic acids is 1. The predicted octanol–water partition coefficient (Wildman–Crippen LogP) is 1.67. The number of carboxylic acids is 1. The van der Waals surface area contributed by atoms with E-state index in [1.54, 1.807) is 19.2 Å². The number of rotatable bonds is 6. The van der Waals surface area contributed by atoms with E-state index in [2.05, 4.69) is 4.98 Å². The van der Waals surface area contributed by atoms with Gasteiger partial charge in [0.2, 0.25) is 0 Å². The molecule has 0 radical (unpaired) electrons. The van der Waals surface area contributed by atoms with Crippen LogP contribution in [-0.4, -0.2) is 29.3 Å². The SMILES string of the molecule is CC(=CCOCCc1ccccn1)C(=O)O. The largest absolute Gasteiger partial charge is 0.478 e. The molecule has 0 unspecified atom stereocenters. The Kier molecular flexibility index (Phi) is 5.22. The summed E-state index contributed by atoms with van der Waals surface area (Å²) in [4.78, 5) is 14.6. The second kappa shape index (κ2) is 6.74. The van der Waals surface area contributed by atoms with Crippen LogP contribution in [0.2, 0.25) is 0 Å². The van der Waals surface area contributed by atoms with Gasteiger partial charge in [-0.1, -0.05) is 6.07 Å². The minimum absolute atomic E-state index is 0.304. The lowest BCUT2D eigenvalue weighted by Gasteiger charge is -2.01. The molecule has 0 atom stereocenters. The molecule has 0 aromatic carbocycles. The molecule has 0 aliphatic heterocycles. The fourth-order valence-corrected chi connectivity index (χ4v) is 1.08. The highest BCUT2D eigenvalue weighted by Crippen LogP contribution is 1.96. The molecular weight excluding hydrogens is 206 g/mol. The summed E-state index contributed by atoms with van der Waals surface area (Å²) in [7, 11) is 0. The van der Waals surface area contributed by atoms with Crippen molar-refractivity contribution in [2.24, 2.45) is 0 Å². The van der Waals surface area contributed by atoms with Crippen LogP contribution >= 0.6 is 0 Å². The van der Waals surface area contributed by atoms with Crippen molar-refractivity contribution < 1.29 is 14.6 Å². The molecule has 1 aromatic heterocycles. The van der Waals surface area contributed by atoms with Crippen LogP contribution in [0.5, 0.6) is 0 Å². The van der Waals surface area contributed by atoms with Gasteiger partial charge < -0.3 is 9.84 Å². The highest BCUT2D eigenvalue weighted by molar-refractivity contribution is 5.85. The van der Waals surface area contributed by atoms with Crippen LogP contribution in [0.4, 0.5) is 0 Å². The fourth-order valence-electron chi connectivity index (χ4n) is 1.08. The van der Waals surface area contributed by atoms with Gasteiger partial charge in [0.1, 0.15) is 0 Å². The summed E-state index contributed by atoms with van der Waals surface area (Å²) < 4.78 is 5.28. The van der Waals surface area contributed by atoms with Crippen LogP contribution in [0.3, 0.4) is 0 Å². The Morgan fingerprint density at radius 1 is 1.56 bits per heavy atom. The van der Waals surface area contributed by atoms with Crippen molar-refractivity contribution in [3.8, 4) is 0 Å². The van der Waals surface area contributed by atoms with Crippen molar-refractivity contribution in [1.82, 2.24) is 4.98 Å². The number of nitrogens with zero attached hydrogens (tertiary/aromatic N) is 1. The first-order chi connectivity index (χ1) is 7.70. The van der Waals surface area contributed by atoms with Gasteiger partial charge in [-0.2, -0.15) is 0 Å². The Morgan fingerprint density at radius 2 is 2.38 bits per heavy atom. The van der Waals surface area contributed by atoms with E-state index < -0.39 is 5.97 Å². The standard InChI is InChI=1S/C12H15NO3/c1-10(12(14)15)5-8-16-9-6-11-4-2-3-7-13-11/h2-5,7H,6,8-9H2,1H3,(H,14,15). The molecule has 0 saturated carbocycles. The molecule has 0 spiro atoms. The zero-order valence-electron chi connectivity index (χ0n) is 9.22. The number of hydrogen-bond acceptors (Lipinski definition) is 3. The fraction of sp³-hybridized carbons (Fsp3) is 0.333. The van der Waals surface area contributed by atoms with Gasteiger partial charge in [0, 0.05) is 23.9 Å². The summed E-state index contributed by atoms with van der Waals surface area (Å²) >= 11 is 0. The molecule has 16 heavy (non-hydrogen) atoms. The van der Waals surface area contributed by atoms with Crippen LogP contribution in [0.25, 0.3) is 0 Å². The molecule has 86 valence electrons. The Hall–Kier alpha value is -1.68. The minimum Gasteiger partial charge on any atom is -0.478 e. The van der Waals surface area contributed by atoms with Gasteiger partial charge in [-0.15, -0.1) is 0 Å². The zero-order valence-corrected chi connectivity index (χ0v) is 9.22. The molecule has 1 N–H and O–H groups in total. The summed E-state index contributed by atoms with van der Waals surface area (Å²) in [6.45, 7) is 2.41. The normalized spacial score (nSPS) is 11.4. The van der Waals surface area contributed by atoms with Crippen molar-refractivity contribution in [2.45, 2.75) is 13.3 Å². The van der Waals surface area contributed by atoms with E-state index in [0.717, 1.165) is 12.1 Å². The second-order valence-corrected chi connectivity index (χ2v) is 3.34. The molecule has 1 heterocycles. The molecule has 1 aromatic rings. The van der Waals surface area contributed by atoms with Crippen LogP contribution in [0, 0.1) is 0 Å². The molecule has 0 aliphatic rings. The van der Waals surface area contributed by atoms with E-state index in [9.17, 15) is 4.79 Å². The van der Waals surface area contributed by atoms with Crippen LogP contribution in [0.15, 0.2) is 36.0 Å². The van der Waals surface area contributed by atoms with Gasteiger partial charge in [-0.05, 0) is 25.1 Å². The number of carboxylic acid groups (broad SMARTS) is 1. The van der Waals surface area contributed by atoms with E-state index in [1.807, 2.05) is 18.2 Å². The summed E-state index contributed by atoms with van der Waals surface area (Å²) in [6.07, 6.45) is 4.03. The van der Waals surface area contributed by atoms with Gasteiger partial charge in [0.15, 0.2) is 0 Å². The monoisotopic (exact) mass is 221 g/mol. The summed E-state index contributed by atoms with van der Waals surface area (Å²) in [5, 5.41) is 8.58. The lowest BCUT2D eigenvalue weighted by molar-refractivity contribution is -0.132. The molecule has 0 amide bonds.